The van der Waals surface area contributed by atoms with Gasteiger partial charge >= 0.3 is 0 Å². The standard InChI is InChI=1S/C29H30ClN7O3/c1-31-27(38)20-9-4-5-10-22(20)33-26-21(30)18-32-29(35-26)34-23-13-12-19(17-25(23)40-2)37-16-8-11-24(37)28(39)36-14-6-3-7-15-36/h4-5,8-13,16-18H,3,6-7,14-15H2,1-2H3,(H,31,38)(H2,32,33,34,35). The normalized spacial score (nSPS) is 13.0. The predicted octanol–water partition coefficient (Wildman–Crippen LogP) is 5.40. The summed E-state index contributed by atoms with van der Waals surface area (Å²) in [7, 11) is 3.15. The first-order valence-corrected chi connectivity index (χ1v) is 13.4. The molecule has 0 spiro atoms. The van der Waals surface area contributed by atoms with Crippen LogP contribution in [-0.4, -0.2) is 58.5 Å². The van der Waals surface area contributed by atoms with Gasteiger partial charge in [0.25, 0.3) is 11.8 Å². The van der Waals surface area contributed by atoms with Crippen molar-refractivity contribution < 1.29 is 14.3 Å². The number of benzene rings is 2. The SMILES string of the molecule is CNC(=O)c1ccccc1Nc1nc(Nc2ccc(-n3cccc3C(=O)N3CCCCC3)cc2OC)ncc1Cl. The summed E-state index contributed by atoms with van der Waals surface area (Å²) in [5.74, 6) is 0.940. The average Bonchev–Trinajstić information content (AvgIpc) is 3.49. The molecule has 10 nitrogen and oxygen atoms in total. The molecule has 1 aliphatic heterocycles. The van der Waals surface area contributed by atoms with Crippen LogP contribution in [-0.2, 0) is 0 Å². The maximum atomic E-state index is 13.2. The fourth-order valence-electron chi connectivity index (χ4n) is 4.66. The van der Waals surface area contributed by atoms with Gasteiger partial charge in [-0.25, -0.2) is 4.98 Å². The van der Waals surface area contributed by atoms with Crippen LogP contribution in [0.4, 0.5) is 23.1 Å². The minimum atomic E-state index is -0.236. The minimum Gasteiger partial charge on any atom is -0.494 e. The zero-order chi connectivity index (χ0) is 28.1. The Labute approximate surface area is 237 Å². The first-order chi connectivity index (χ1) is 19.5. The van der Waals surface area contributed by atoms with E-state index >= 15 is 0 Å². The number of nitrogens with one attached hydrogen (secondary N) is 3. The summed E-state index contributed by atoms with van der Waals surface area (Å²) in [4.78, 5) is 36.2. The lowest BCUT2D eigenvalue weighted by atomic mass is 10.1. The summed E-state index contributed by atoms with van der Waals surface area (Å²) in [5, 5.41) is 9.22. The lowest BCUT2D eigenvalue weighted by molar-refractivity contribution is 0.0716. The van der Waals surface area contributed by atoms with Crippen molar-refractivity contribution in [3.05, 3.63) is 83.3 Å². The lowest BCUT2D eigenvalue weighted by Gasteiger charge is -2.27. The number of piperidine rings is 1. The van der Waals surface area contributed by atoms with E-state index in [1.807, 2.05) is 52.1 Å². The topological polar surface area (TPSA) is 113 Å². The summed E-state index contributed by atoms with van der Waals surface area (Å²) < 4.78 is 7.53. The van der Waals surface area contributed by atoms with Gasteiger partial charge in [0.05, 0.1) is 30.2 Å². The molecule has 1 saturated heterocycles. The number of hydrogen-bond acceptors (Lipinski definition) is 7. The molecule has 5 rings (SSSR count). The fourth-order valence-corrected chi connectivity index (χ4v) is 4.80. The van der Waals surface area contributed by atoms with Crippen molar-refractivity contribution in [2.75, 3.05) is 37.9 Å². The summed E-state index contributed by atoms with van der Waals surface area (Å²) in [6.45, 7) is 1.57. The Morgan fingerprint density at radius 2 is 1.77 bits per heavy atom. The molecule has 11 heteroatoms. The number of methoxy groups -OCH3 is 1. The second-order valence-corrected chi connectivity index (χ2v) is 9.67. The molecule has 206 valence electrons. The maximum Gasteiger partial charge on any atom is 0.270 e. The third kappa shape index (κ3) is 5.72. The molecule has 4 aromatic rings. The molecule has 2 aromatic heterocycles. The monoisotopic (exact) mass is 559 g/mol. The van der Waals surface area contributed by atoms with Gasteiger partial charge in [-0.05, 0) is 55.7 Å². The smallest absolute Gasteiger partial charge is 0.270 e. The Bertz CT molecular complexity index is 1530. The molecule has 0 saturated carbocycles. The number of halogens is 1. The van der Waals surface area contributed by atoms with E-state index in [-0.39, 0.29) is 22.8 Å². The van der Waals surface area contributed by atoms with Crippen LogP contribution in [0, 0.1) is 0 Å². The first-order valence-electron chi connectivity index (χ1n) is 13.0. The first kappa shape index (κ1) is 27.0. The van der Waals surface area contributed by atoms with Gasteiger partial charge in [0.2, 0.25) is 5.95 Å². The third-order valence-electron chi connectivity index (χ3n) is 6.72. The van der Waals surface area contributed by atoms with Gasteiger partial charge in [0.1, 0.15) is 16.5 Å². The number of ether oxygens (including phenoxy) is 1. The number of carbonyl (C=O) groups is 2. The van der Waals surface area contributed by atoms with E-state index in [4.69, 9.17) is 16.3 Å². The van der Waals surface area contributed by atoms with Gasteiger partial charge in [-0.15, -0.1) is 0 Å². The summed E-state index contributed by atoms with van der Waals surface area (Å²) in [6.07, 6.45) is 6.57. The average molecular weight is 560 g/mol. The number of likely N-dealkylation sites (tertiary alicyclic amines) is 1. The number of carbonyl (C=O) groups excluding carboxylic acids is 2. The molecular formula is C29H30ClN7O3. The third-order valence-corrected chi connectivity index (χ3v) is 6.99. The summed E-state index contributed by atoms with van der Waals surface area (Å²) >= 11 is 6.37. The molecule has 2 amide bonds. The number of amides is 2. The van der Waals surface area contributed by atoms with E-state index in [0.29, 0.717) is 34.2 Å². The van der Waals surface area contributed by atoms with Crippen LogP contribution in [0.25, 0.3) is 5.69 Å². The molecule has 0 bridgehead atoms. The molecule has 3 N–H and O–H groups in total. The van der Waals surface area contributed by atoms with Crippen LogP contribution < -0.4 is 20.7 Å². The Morgan fingerprint density at radius 3 is 2.55 bits per heavy atom. The Balaban J connectivity index is 1.38. The van der Waals surface area contributed by atoms with Crippen molar-refractivity contribution in [1.82, 2.24) is 24.8 Å². The molecule has 0 aliphatic carbocycles. The van der Waals surface area contributed by atoms with Gasteiger partial charge in [0, 0.05) is 38.1 Å². The van der Waals surface area contributed by atoms with Crippen LogP contribution in [0.3, 0.4) is 0 Å². The van der Waals surface area contributed by atoms with Crippen molar-refractivity contribution in [2.24, 2.45) is 0 Å². The van der Waals surface area contributed by atoms with Crippen molar-refractivity contribution in [1.29, 1.82) is 0 Å². The molecule has 0 radical (unpaired) electrons. The molecule has 2 aromatic carbocycles. The molecule has 40 heavy (non-hydrogen) atoms. The zero-order valence-corrected chi connectivity index (χ0v) is 23.0. The quantitative estimate of drug-likeness (QED) is 0.265. The molecule has 1 aliphatic rings. The van der Waals surface area contributed by atoms with E-state index in [9.17, 15) is 9.59 Å². The molecule has 0 atom stereocenters. The fraction of sp³-hybridized carbons (Fsp3) is 0.241. The Hall–Kier alpha value is -4.57. The maximum absolute atomic E-state index is 13.2. The number of nitrogens with zero attached hydrogens (tertiary/aromatic N) is 4. The van der Waals surface area contributed by atoms with Gasteiger partial charge in [-0.1, -0.05) is 23.7 Å². The number of hydrogen-bond donors (Lipinski definition) is 3. The van der Waals surface area contributed by atoms with Gasteiger partial charge < -0.3 is 30.2 Å². The lowest BCUT2D eigenvalue weighted by Crippen LogP contribution is -2.36. The van der Waals surface area contributed by atoms with E-state index in [2.05, 4.69) is 25.9 Å². The van der Waals surface area contributed by atoms with Crippen LogP contribution in [0.1, 0.15) is 40.1 Å². The highest BCUT2D eigenvalue weighted by Crippen LogP contribution is 2.32. The second kappa shape index (κ2) is 12.1. The van der Waals surface area contributed by atoms with Gasteiger partial charge in [0.15, 0.2) is 5.82 Å². The van der Waals surface area contributed by atoms with Crippen molar-refractivity contribution >= 4 is 46.6 Å². The van der Waals surface area contributed by atoms with Crippen molar-refractivity contribution in [3.63, 3.8) is 0 Å². The Morgan fingerprint density at radius 1 is 0.975 bits per heavy atom. The molecule has 0 unspecified atom stereocenters. The van der Waals surface area contributed by atoms with E-state index < -0.39 is 0 Å². The van der Waals surface area contributed by atoms with Gasteiger partial charge in [-0.2, -0.15) is 4.98 Å². The highest BCUT2D eigenvalue weighted by molar-refractivity contribution is 6.33. The minimum absolute atomic E-state index is 0.0263. The second-order valence-electron chi connectivity index (χ2n) is 9.27. The molecular weight excluding hydrogens is 530 g/mol. The number of aromatic nitrogens is 3. The number of rotatable bonds is 8. The highest BCUT2D eigenvalue weighted by atomic mass is 35.5. The summed E-state index contributed by atoms with van der Waals surface area (Å²) in [5.41, 5.74) is 3.03. The highest BCUT2D eigenvalue weighted by Gasteiger charge is 2.22. The number of para-hydroxylation sites is 1. The van der Waals surface area contributed by atoms with Crippen molar-refractivity contribution in [2.45, 2.75) is 19.3 Å². The molecule has 3 heterocycles. The largest absolute Gasteiger partial charge is 0.494 e. The van der Waals surface area contributed by atoms with Crippen molar-refractivity contribution in [3.8, 4) is 11.4 Å². The Kier molecular flexibility index (Phi) is 8.16. The predicted molar refractivity (Wildman–Crippen MR) is 156 cm³/mol. The van der Waals surface area contributed by atoms with Crippen LogP contribution in [0.2, 0.25) is 5.02 Å². The van der Waals surface area contributed by atoms with E-state index in [0.717, 1.165) is 38.0 Å². The number of anilines is 4. The van der Waals surface area contributed by atoms with Gasteiger partial charge in [-0.3, -0.25) is 9.59 Å². The van der Waals surface area contributed by atoms with Crippen LogP contribution in [0.5, 0.6) is 5.75 Å². The summed E-state index contributed by atoms with van der Waals surface area (Å²) in [6, 6.07) is 16.4. The van der Waals surface area contributed by atoms with E-state index in [1.165, 1.54) is 6.20 Å². The van der Waals surface area contributed by atoms with E-state index in [1.54, 1.807) is 32.4 Å². The van der Waals surface area contributed by atoms with Crippen LogP contribution in [0.15, 0.2) is 67.0 Å². The molecule has 1 fully saturated rings. The van der Waals surface area contributed by atoms with Crippen LogP contribution >= 0.6 is 11.6 Å². The zero-order valence-electron chi connectivity index (χ0n) is 22.3.